The molecular weight excluding hydrogens is 368 g/mol. The normalized spacial score (nSPS) is 12.0. The van der Waals surface area contributed by atoms with Crippen LogP contribution in [-0.2, 0) is 4.74 Å². The van der Waals surface area contributed by atoms with Crippen molar-refractivity contribution in [3.05, 3.63) is 81.8 Å². The van der Waals surface area contributed by atoms with Crippen LogP contribution in [0.15, 0.2) is 54.0 Å². The van der Waals surface area contributed by atoms with E-state index in [1.807, 2.05) is 45.1 Å². The number of benzene rings is 1. The molecule has 0 fully saturated rings. The van der Waals surface area contributed by atoms with Gasteiger partial charge in [0.1, 0.15) is 0 Å². The smallest absolute Gasteiger partial charge is 0.363 e. The van der Waals surface area contributed by atoms with E-state index in [-0.39, 0.29) is 6.61 Å². The Morgan fingerprint density at radius 3 is 2.69 bits per heavy atom. The van der Waals surface area contributed by atoms with Crippen molar-refractivity contribution in [2.24, 2.45) is 0 Å². The molecule has 0 bridgehead atoms. The number of aryl methyl sites for hydroxylation is 2. The van der Waals surface area contributed by atoms with Crippen LogP contribution in [0, 0.1) is 13.8 Å². The average molecular weight is 394 g/mol. The van der Waals surface area contributed by atoms with Crippen molar-refractivity contribution >= 4 is 17.2 Å². The van der Waals surface area contributed by atoms with E-state index in [4.69, 9.17) is 4.74 Å². The third kappa shape index (κ3) is 4.90. The predicted octanol–water partition coefficient (Wildman–Crippen LogP) is 4.26. The van der Waals surface area contributed by atoms with Gasteiger partial charge in [-0.1, -0.05) is 42.0 Å². The zero-order chi connectivity index (χ0) is 21.6. The first-order chi connectivity index (χ1) is 13.8. The lowest BCUT2D eigenvalue weighted by Crippen LogP contribution is -2.23. The molecule has 0 aliphatic rings. The molecule has 0 atom stereocenters. The van der Waals surface area contributed by atoms with Crippen molar-refractivity contribution in [2.45, 2.75) is 34.1 Å². The molecule has 0 saturated heterocycles. The number of allylic oxidation sites excluding steroid dienone is 5. The fraction of sp³-hybridized carbons (Fsp3) is 0.261. The topological polar surface area (TPSA) is 81.4 Å². The maximum absolute atomic E-state index is 12.2. The quantitative estimate of drug-likeness (QED) is 0.431. The van der Waals surface area contributed by atoms with Gasteiger partial charge in [0.25, 0.3) is 5.43 Å². The SMILES string of the molecule is C=CCC=C(C(=CC)n1cc(O)c(=O)c(C(=O)OCC)n1)c1cc(C)ccc1C. The summed E-state index contributed by atoms with van der Waals surface area (Å²) in [4.78, 5) is 24.3. The first-order valence-corrected chi connectivity index (χ1v) is 9.39. The van der Waals surface area contributed by atoms with Crippen molar-refractivity contribution < 1.29 is 14.6 Å². The van der Waals surface area contributed by atoms with Gasteiger partial charge in [0.05, 0.1) is 18.5 Å². The number of aromatic hydroxyl groups is 1. The van der Waals surface area contributed by atoms with E-state index in [0.29, 0.717) is 12.1 Å². The number of hydrogen-bond donors (Lipinski definition) is 1. The summed E-state index contributed by atoms with van der Waals surface area (Å²) in [6.45, 7) is 11.3. The highest BCUT2D eigenvalue weighted by atomic mass is 16.5. The van der Waals surface area contributed by atoms with Crippen LogP contribution < -0.4 is 5.43 Å². The fourth-order valence-corrected chi connectivity index (χ4v) is 2.93. The molecule has 6 heteroatoms. The molecule has 0 saturated carbocycles. The summed E-state index contributed by atoms with van der Waals surface area (Å²) in [5.41, 5.74) is 3.27. The van der Waals surface area contributed by atoms with Crippen molar-refractivity contribution in [2.75, 3.05) is 6.61 Å². The summed E-state index contributed by atoms with van der Waals surface area (Å²) in [7, 11) is 0. The van der Waals surface area contributed by atoms with Crippen LogP contribution in [0.5, 0.6) is 5.75 Å². The highest BCUT2D eigenvalue weighted by molar-refractivity contribution is 5.98. The number of hydrogen-bond acceptors (Lipinski definition) is 5. The summed E-state index contributed by atoms with van der Waals surface area (Å²) < 4.78 is 6.24. The molecule has 1 heterocycles. The Morgan fingerprint density at radius 2 is 2.07 bits per heavy atom. The van der Waals surface area contributed by atoms with Gasteiger partial charge in [-0.15, -0.1) is 6.58 Å². The molecular formula is C23H26N2O4. The molecule has 1 N–H and O–H groups in total. The van der Waals surface area contributed by atoms with Gasteiger partial charge in [0, 0.05) is 5.57 Å². The minimum Gasteiger partial charge on any atom is -0.503 e. The molecule has 29 heavy (non-hydrogen) atoms. The van der Waals surface area contributed by atoms with Gasteiger partial charge >= 0.3 is 5.97 Å². The molecule has 152 valence electrons. The van der Waals surface area contributed by atoms with Gasteiger partial charge in [-0.3, -0.25) is 4.79 Å². The summed E-state index contributed by atoms with van der Waals surface area (Å²) in [6, 6.07) is 6.12. The third-order valence-corrected chi connectivity index (χ3v) is 4.34. The number of rotatable bonds is 7. The Kier molecular flexibility index (Phi) is 7.31. The lowest BCUT2D eigenvalue weighted by atomic mass is 9.95. The zero-order valence-electron chi connectivity index (χ0n) is 17.2. The fourth-order valence-electron chi connectivity index (χ4n) is 2.93. The lowest BCUT2D eigenvalue weighted by molar-refractivity contribution is 0.0515. The molecule has 2 rings (SSSR count). The highest BCUT2D eigenvalue weighted by Gasteiger charge is 2.20. The Labute approximate surface area is 170 Å². The number of carbonyl (C=O) groups is 1. The van der Waals surface area contributed by atoms with Crippen LogP contribution in [-0.4, -0.2) is 27.5 Å². The summed E-state index contributed by atoms with van der Waals surface area (Å²) in [5.74, 6) is -1.45. The molecule has 0 unspecified atom stereocenters. The van der Waals surface area contributed by atoms with E-state index < -0.39 is 22.8 Å². The van der Waals surface area contributed by atoms with Crippen LogP contribution in [0.25, 0.3) is 11.3 Å². The molecule has 1 aromatic carbocycles. The molecule has 1 aromatic heterocycles. The van der Waals surface area contributed by atoms with Gasteiger partial charge in [-0.05, 0) is 45.2 Å². The maximum Gasteiger partial charge on any atom is 0.363 e. The Balaban J connectivity index is 2.71. The van der Waals surface area contributed by atoms with E-state index in [1.54, 1.807) is 13.0 Å². The Bertz CT molecular complexity index is 1050. The number of aromatic nitrogens is 2. The number of carbonyl (C=O) groups excluding carboxylic acids is 1. The maximum atomic E-state index is 12.2. The van der Waals surface area contributed by atoms with Crippen molar-refractivity contribution in [1.82, 2.24) is 9.78 Å². The van der Waals surface area contributed by atoms with Gasteiger partial charge in [-0.2, -0.15) is 5.10 Å². The van der Waals surface area contributed by atoms with Crippen LogP contribution >= 0.6 is 0 Å². The molecule has 2 aromatic rings. The van der Waals surface area contributed by atoms with E-state index in [2.05, 4.69) is 17.7 Å². The van der Waals surface area contributed by atoms with E-state index in [9.17, 15) is 14.7 Å². The predicted molar refractivity (Wildman–Crippen MR) is 115 cm³/mol. The van der Waals surface area contributed by atoms with Gasteiger partial charge in [0.2, 0.25) is 5.69 Å². The first-order valence-electron chi connectivity index (χ1n) is 9.39. The van der Waals surface area contributed by atoms with Crippen LogP contribution in [0.2, 0.25) is 0 Å². The average Bonchev–Trinajstić information content (AvgIpc) is 2.69. The van der Waals surface area contributed by atoms with Crippen molar-refractivity contribution in [1.29, 1.82) is 0 Å². The molecule has 0 amide bonds. The van der Waals surface area contributed by atoms with Crippen LogP contribution in [0.1, 0.15) is 47.4 Å². The molecule has 0 aliphatic heterocycles. The standard InChI is InChI=1S/C23H26N2O4/c1-6-9-10-17(18-13-15(4)11-12-16(18)5)19(7-2)25-14-20(26)22(27)21(24-25)23(28)29-8-3/h6-7,10-14,26H,1,8-9H2,2-5H3. The van der Waals surface area contributed by atoms with E-state index in [0.717, 1.165) is 22.3 Å². The van der Waals surface area contributed by atoms with Crippen molar-refractivity contribution in [3.63, 3.8) is 0 Å². The summed E-state index contributed by atoms with van der Waals surface area (Å²) >= 11 is 0. The zero-order valence-corrected chi connectivity index (χ0v) is 17.2. The van der Waals surface area contributed by atoms with Gasteiger partial charge in [-0.25, -0.2) is 9.48 Å². The van der Waals surface area contributed by atoms with E-state index >= 15 is 0 Å². The van der Waals surface area contributed by atoms with Crippen LogP contribution in [0.4, 0.5) is 0 Å². The van der Waals surface area contributed by atoms with Gasteiger partial charge in [0.15, 0.2) is 5.75 Å². The van der Waals surface area contributed by atoms with Crippen molar-refractivity contribution in [3.8, 4) is 5.75 Å². The minimum atomic E-state index is -0.874. The third-order valence-electron chi connectivity index (χ3n) is 4.34. The summed E-state index contributed by atoms with van der Waals surface area (Å²) in [5, 5.41) is 14.3. The Morgan fingerprint density at radius 1 is 1.34 bits per heavy atom. The second kappa shape index (κ2) is 9.68. The number of ether oxygens (including phenoxy) is 1. The Hall–Kier alpha value is -3.41. The first kappa shape index (κ1) is 21.9. The highest BCUT2D eigenvalue weighted by Crippen LogP contribution is 2.30. The monoisotopic (exact) mass is 394 g/mol. The number of nitrogens with zero attached hydrogens (tertiary/aromatic N) is 2. The number of esters is 1. The lowest BCUT2D eigenvalue weighted by Gasteiger charge is -2.18. The largest absolute Gasteiger partial charge is 0.503 e. The van der Waals surface area contributed by atoms with Crippen LogP contribution in [0.3, 0.4) is 0 Å². The van der Waals surface area contributed by atoms with Gasteiger partial charge < -0.3 is 9.84 Å². The summed E-state index contributed by atoms with van der Waals surface area (Å²) in [6.07, 6.45) is 7.39. The molecule has 0 aliphatic carbocycles. The molecule has 6 nitrogen and oxygen atoms in total. The second-order valence-corrected chi connectivity index (χ2v) is 6.49. The molecule has 0 radical (unpaired) electrons. The molecule has 0 spiro atoms. The minimum absolute atomic E-state index is 0.0963. The second-order valence-electron chi connectivity index (χ2n) is 6.49. The van der Waals surface area contributed by atoms with E-state index in [1.165, 1.54) is 10.9 Å².